The second-order valence-electron chi connectivity index (χ2n) is 24.6. The molecule has 0 spiro atoms. The van der Waals surface area contributed by atoms with Crippen LogP contribution >= 0.6 is 0 Å². The number of aliphatic hydroxyl groups is 2. The molecule has 0 rings (SSSR count). The van der Waals surface area contributed by atoms with Crippen molar-refractivity contribution < 1.29 is 24.5 Å². The first-order valence-electron chi connectivity index (χ1n) is 35.9. The van der Waals surface area contributed by atoms with Crippen molar-refractivity contribution in [3.8, 4) is 0 Å². The number of aliphatic hydroxyl groups excluding tert-OH is 2. The lowest BCUT2D eigenvalue weighted by Crippen LogP contribution is -2.45. The summed E-state index contributed by atoms with van der Waals surface area (Å²) in [5.41, 5.74) is 0. The van der Waals surface area contributed by atoms with E-state index in [1.165, 1.54) is 308 Å². The van der Waals surface area contributed by atoms with Crippen molar-refractivity contribution in [3.05, 3.63) is 48.6 Å². The molecule has 0 aliphatic carbocycles. The van der Waals surface area contributed by atoms with E-state index >= 15 is 0 Å². The molecule has 0 aromatic carbocycles. The first-order chi connectivity index (χ1) is 39.5. The summed E-state index contributed by atoms with van der Waals surface area (Å²) in [4.78, 5) is 24.6. The molecular weight excluding hydrogens is 983 g/mol. The van der Waals surface area contributed by atoms with Gasteiger partial charge in [0.1, 0.15) is 0 Å². The van der Waals surface area contributed by atoms with Gasteiger partial charge in [0.2, 0.25) is 5.91 Å². The zero-order chi connectivity index (χ0) is 57.8. The molecule has 2 atom stereocenters. The fraction of sp³-hybridized carbons (Fsp3) is 0.865. The predicted octanol–water partition coefficient (Wildman–Crippen LogP) is 23.3. The van der Waals surface area contributed by atoms with E-state index in [0.29, 0.717) is 19.4 Å². The number of amides is 1. The Balaban J connectivity index is 3.39. The van der Waals surface area contributed by atoms with Crippen molar-refractivity contribution >= 4 is 11.9 Å². The lowest BCUT2D eigenvalue weighted by atomic mass is 10.0. The van der Waals surface area contributed by atoms with Gasteiger partial charge in [0, 0.05) is 12.8 Å². The summed E-state index contributed by atoms with van der Waals surface area (Å²) < 4.78 is 5.50. The Labute approximate surface area is 499 Å². The number of rotatable bonds is 67. The second-order valence-corrected chi connectivity index (χ2v) is 24.6. The number of carbonyl (C=O) groups is 2. The topological polar surface area (TPSA) is 95.9 Å². The first kappa shape index (κ1) is 77.8. The monoisotopic (exact) mass is 1120 g/mol. The fourth-order valence-corrected chi connectivity index (χ4v) is 11.1. The lowest BCUT2D eigenvalue weighted by molar-refractivity contribution is -0.143. The summed E-state index contributed by atoms with van der Waals surface area (Å²) in [5, 5.41) is 23.2. The van der Waals surface area contributed by atoms with Gasteiger partial charge in [-0.25, -0.2) is 0 Å². The largest absolute Gasteiger partial charge is 0.466 e. The molecule has 0 aliphatic heterocycles. The smallest absolute Gasteiger partial charge is 0.305 e. The van der Waals surface area contributed by atoms with Crippen LogP contribution in [0.15, 0.2) is 48.6 Å². The van der Waals surface area contributed by atoms with Crippen molar-refractivity contribution in [1.29, 1.82) is 0 Å². The minimum absolute atomic E-state index is 0.00855. The van der Waals surface area contributed by atoms with Gasteiger partial charge < -0.3 is 20.3 Å². The van der Waals surface area contributed by atoms with E-state index in [0.717, 1.165) is 51.4 Å². The molecule has 80 heavy (non-hydrogen) atoms. The number of esters is 1. The Morgan fingerprint density at radius 1 is 0.350 bits per heavy atom. The third kappa shape index (κ3) is 65.0. The molecule has 0 heterocycles. The Morgan fingerprint density at radius 3 is 0.988 bits per heavy atom. The highest BCUT2D eigenvalue weighted by Gasteiger charge is 2.18. The van der Waals surface area contributed by atoms with Crippen molar-refractivity contribution in [2.24, 2.45) is 0 Å². The van der Waals surface area contributed by atoms with Crippen molar-refractivity contribution in [1.82, 2.24) is 5.32 Å². The van der Waals surface area contributed by atoms with Gasteiger partial charge in [-0.1, -0.05) is 332 Å². The fourth-order valence-electron chi connectivity index (χ4n) is 11.1. The maximum Gasteiger partial charge on any atom is 0.305 e. The average Bonchev–Trinajstić information content (AvgIpc) is 3.46. The molecule has 0 aliphatic rings. The van der Waals surface area contributed by atoms with Crippen LogP contribution in [-0.4, -0.2) is 47.4 Å². The number of unbranched alkanes of at least 4 members (excludes halogenated alkanes) is 50. The van der Waals surface area contributed by atoms with Crippen LogP contribution in [0.3, 0.4) is 0 Å². The van der Waals surface area contributed by atoms with E-state index in [4.69, 9.17) is 4.74 Å². The average molecular weight is 1120 g/mol. The van der Waals surface area contributed by atoms with Gasteiger partial charge in [0.05, 0.1) is 25.4 Å². The maximum atomic E-state index is 12.5. The van der Waals surface area contributed by atoms with E-state index < -0.39 is 12.1 Å². The van der Waals surface area contributed by atoms with Crippen LogP contribution in [0.1, 0.15) is 386 Å². The number of hydrogen-bond acceptors (Lipinski definition) is 5. The molecule has 0 aromatic heterocycles. The van der Waals surface area contributed by atoms with Crippen LogP contribution in [0.4, 0.5) is 0 Å². The summed E-state index contributed by atoms with van der Waals surface area (Å²) >= 11 is 0. The Hall–Kier alpha value is -2.18. The second kappa shape index (κ2) is 69.3. The number of nitrogens with one attached hydrogen (secondary N) is 1. The number of allylic oxidation sites excluding steroid dienone is 7. The van der Waals surface area contributed by atoms with Gasteiger partial charge in [-0.2, -0.15) is 0 Å². The zero-order valence-corrected chi connectivity index (χ0v) is 53.8. The predicted molar refractivity (Wildman–Crippen MR) is 352 cm³/mol. The van der Waals surface area contributed by atoms with E-state index in [2.05, 4.69) is 55.6 Å². The first-order valence-corrected chi connectivity index (χ1v) is 35.9. The summed E-state index contributed by atoms with van der Waals surface area (Å²) in [6, 6.07) is -0.628. The zero-order valence-electron chi connectivity index (χ0n) is 53.8. The van der Waals surface area contributed by atoms with Crippen molar-refractivity contribution in [3.63, 3.8) is 0 Å². The standard InChI is InChI=1S/C74H139NO5/c1-3-5-7-9-11-13-15-17-19-34-38-42-46-50-54-58-62-66-72(77)71(70-76)75-73(78)67-63-59-55-51-47-43-39-36-32-30-28-26-24-22-21-23-25-27-29-31-33-37-41-45-49-53-57-61-65-69-80-74(79)68-64-60-56-52-48-44-40-35-20-18-16-14-12-10-8-6-4-2/h12,14,18,20-21,23,62,66,71-72,76-77H,3-11,13,15-17,19,22,24-61,63-65,67-70H2,1-2H3,(H,75,78)/b14-12-,20-18-,23-21-,66-62+. The molecule has 6 nitrogen and oxygen atoms in total. The van der Waals surface area contributed by atoms with Crippen LogP contribution in [0.25, 0.3) is 0 Å². The van der Waals surface area contributed by atoms with Crippen LogP contribution in [0.5, 0.6) is 0 Å². The quantitative estimate of drug-likeness (QED) is 0.0320. The van der Waals surface area contributed by atoms with Crippen molar-refractivity contribution in [2.75, 3.05) is 13.2 Å². The Kier molecular flexibility index (Phi) is 67.4. The minimum Gasteiger partial charge on any atom is -0.466 e. The molecule has 0 fully saturated rings. The minimum atomic E-state index is -0.845. The Morgan fingerprint density at radius 2 is 0.625 bits per heavy atom. The number of hydrogen-bond donors (Lipinski definition) is 3. The summed E-state index contributed by atoms with van der Waals surface area (Å²) in [7, 11) is 0. The van der Waals surface area contributed by atoms with Crippen LogP contribution in [-0.2, 0) is 14.3 Å². The Bertz CT molecular complexity index is 1340. The maximum absolute atomic E-state index is 12.5. The van der Waals surface area contributed by atoms with E-state index in [9.17, 15) is 19.8 Å². The van der Waals surface area contributed by atoms with Gasteiger partial charge >= 0.3 is 5.97 Å². The molecule has 0 aromatic rings. The molecular formula is C74H139NO5. The highest BCUT2D eigenvalue weighted by atomic mass is 16.5. The number of carbonyl (C=O) groups excluding carboxylic acids is 2. The highest BCUT2D eigenvalue weighted by Crippen LogP contribution is 2.18. The van der Waals surface area contributed by atoms with Gasteiger partial charge in [-0.05, 0) is 89.9 Å². The molecule has 470 valence electrons. The SMILES string of the molecule is CCCCC/C=C\C/C=C\CCCCCCCCCC(=O)OCCCCCCCCCCCCCC/C=C\CCCCCCCCCCCCCCCC(=O)NC(CO)C(O)/C=C/CCCCCCCCCCCCCCCCC. The molecule has 1 amide bonds. The van der Waals surface area contributed by atoms with Gasteiger partial charge in [0.25, 0.3) is 0 Å². The van der Waals surface area contributed by atoms with E-state index in [-0.39, 0.29) is 18.5 Å². The van der Waals surface area contributed by atoms with Gasteiger partial charge in [-0.3, -0.25) is 9.59 Å². The lowest BCUT2D eigenvalue weighted by Gasteiger charge is -2.20. The van der Waals surface area contributed by atoms with Gasteiger partial charge in [0.15, 0.2) is 0 Å². The molecule has 3 N–H and O–H groups in total. The molecule has 0 saturated carbocycles. The summed E-state index contributed by atoms with van der Waals surface area (Å²) in [6.07, 6.45) is 90.5. The van der Waals surface area contributed by atoms with Crippen LogP contribution in [0, 0.1) is 0 Å². The summed E-state index contributed by atoms with van der Waals surface area (Å²) in [5.74, 6) is -0.0562. The number of ether oxygens (including phenoxy) is 1. The molecule has 2 unspecified atom stereocenters. The van der Waals surface area contributed by atoms with Gasteiger partial charge in [-0.15, -0.1) is 0 Å². The van der Waals surface area contributed by atoms with Crippen molar-refractivity contribution in [2.45, 2.75) is 398 Å². The molecule has 0 bridgehead atoms. The normalized spacial score (nSPS) is 12.8. The molecule has 0 saturated heterocycles. The third-order valence-corrected chi connectivity index (χ3v) is 16.6. The van der Waals surface area contributed by atoms with E-state index in [1.54, 1.807) is 6.08 Å². The highest BCUT2D eigenvalue weighted by molar-refractivity contribution is 5.76. The van der Waals surface area contributed by atoms with E-state index in [1.807, 2.05) is 6.08 Å². The van der Waals surface area contributed by atoms with Crippen LogP contribution in [0.2, 0.25) is 0 Å². The van der Waals surface area contributed by atoms with Crippen LogP contribution < -0.4 is 5.32 Å². The molecule has 0 radical (unpaired) electrons. The molecule has 6 heteroatoms. The third-order valence-electron chi connectivity index (χ3n) is 16.6. The summed E-state index contributed by atoms with van der Waals surface area (Å²) in [6.45, 7) is 4.90.